The number of alkyl halides is 3. The average molecular weight is 252 g/mol. The highest BCUT2D eigenvalue weighted by molar-refractivity contribution is 7.07. The molecule has 0 aliphatic carbocycles. The molecule has 1 unspecified atom stereocenters. The van der Waals surface area contributed by atoms with Crippen molar-refractivity contribution in [1.29, 1.82) is 0 Å². The summed E-state index contributed by atoms with van der Waals surface area (Å²) in [7, 11) is 0. The standard InChI is InChI=1S/C10H15F3N2S/c1-8(9-6-16-7-15-9)14-5-3-2-4-10(11,12)13/h6-8,14H,2-5H2,1H3. The molecule has 16 heavy (non-hydrogen) atoms. The fourth-order valence-electron chi connectivity index (χ4n) is 1.31. The zero-order valence-electron chi connectivity index (χ0n) is 9.05. The molecule has 0 aliphatic heterocycles. The van der Waals surface area contributed by atoms with Crippen LogP contribution in [0.3, 0.4) is 0 Å². The molecule has 1 rings (SSSR count). The van der Waals surface area contributed by atoms with Crippen molar-refractivity contribution in [3.8, 4) is 0 Å². The third-order valence-electron chi connectivity index (χ3n) is 2.23. The van der Waals surface area contributed by atoms with Gasteiger partial charge in [-0.2, -0.15) is 13.2 Å². The quantitative estimate of drug-likeness (QED) is 0.783. The molecule has 0 bridgehead atoms. The molecule has 0 fully saturated rings. The summed E-state index contributed by atoms with van der Waals surface area (Å²) in [6.07, 6.45) is -4.01. The molecule has 1 heterocycles. The van der Waals surface area contributed by atoms with E-state index >= 15 is 0 Å². The lowest BCUT2D eigenvalue weighted by atomic mass is 10.2. The van der Waals surface area contributed by atoms with E-state index in [4.69, 9.17) is 0 Å². The smallest absolute Gasteiger partial charge is 0.309 e. The predicted octanol–water partition coefficient (Wildman–Crippen LogP) is 3.53. The van der Waals surface area contributed by atoms with E-state index < -0.39 is 12.6 Å². The fourth-order valence-corrected chi connectivity index (χ4v) is 1.96. The van der Waals surface area contributed by atoms with E-state index in [1.54, 1.807) is 5.51 Å². The number of hydrogen-bond acceptors (Lipinski definition) is 3. The van der Waals surface area contributed by atoms with E-state index in [1.165, 1.54) is 11.3 Å². The van der Waals surface area contributed by atoms with Gasteiger partial charge >= 0.3 is 6.18 Å². The number of nitrogens with zero attached hydrogens (tertiary/aromatic N) is 1. The topological polar surface area (TPSA) is 24.9 Å². The molecular weight excluding hydrogens is 237 g/mol. The van der Waals surface area contributed by atoms with Crippen molar-refractivity contribution in [2.75, 3.05) is 6.54 Å². The molecular formula is C10H15F3N2S. The molecule has 92 valence electrons. The molecule has 0 radical (unpaired) electrons. The molecule has 1 atom stereocenters. The molecule has 0 aromatic carbocycles. The first kappa shape index (κ1) is 13.4. The van der Waals surface area contributed by atoms with Crippen LogP contribution in [0.5, 0.6) is 0 Å². The second kappa shape index (κ2) is 6.20. The van der Waals surface area contributed by atoms with Crippen LogP contribution in [0.25, 0.3) is 0 Å². The van der Waals surface area contributed by atoms with Gasteiger partial charge in [0.1, 0.15) is 0 Å². The number of thiazole rings is 1. The number of aromatic nitrogens is 1. The van der Waals surface area contributed by atoms with Gasteiger partial charge in [-0.15, -0.1) is 11.3 Å². The van der Waals surface area contributed by atoms with Gasteiger partial charge in [0.15, 0.2) is 0 Å². The first-order valence-electron chi connectivity index (χ1n) is 5.17. The summed E-state index contributed by atoms with van der Waals surface area (Å²) in [5.41, 5.74) is 2.69. The van der Waals surface area contributed by atoms with Crippen LogP contribution in [-0.4, -0.2) is 17.7 Å². The molecule has 6 heteroatoms. The van der Waals surface area contributed by atoms with Gasteiger partial charge in [0.2, 0.25) is 0 Å². The number of unbranched alkanes of at least 4 members (excludes halogenated alkanes) is 1. The van der Waals surface area contributed by atoms with Crippen molar-refractivity contribution < 1.29 is 13.2 Å². The first-order valence-corrected chi connectivity index (χ1v) is 6.11. The molecule has 0 amide bonds. The molecule has 2 nitrogen and oxygen atoms in total. The van der Waals surface area contributed by atoms with Crippen LogP contribution in [-0.2, 0) is 0 Å². The van der Waals surface area contributed by atoms with Gasteiger partial charge in [-0.1, -0.05) is 0 Å². The van der Waals surface area contributed by atoms with Crippen molar-refractivity contribution >= 4 is 11.3 Å². The summed E-state index contributed by atoms with van der Waals surface area (Å²) < 4.78 is 35.5. The number of rotatable bonds is 6. The van der Waals surface area contributed by atoms with E-state index in [0.717, 1.165) is 5.69 Å². The van der Waals surface area contributed by atoms with Crippen molar-refractivity contribution in [1.82, 2.24) is 10.3 Å². The lowest BCUT2D eigenvalue weighted by molar-refractivity contribution is -0.135. The van der Waals surface area contributed by atoms with Crippen LogP contribution in [0.15, 0.2) is 10.9 Å². The lowest BCUT2D eigenvalue weighted by Crippen LogP contribution is -2.20. The molecule has 0 aliphatic rings. The maximum atomic E-state index is 11.8. The number of halogens is 3. The monoisotopic (exact) mass is 252 g/mol. The van der Waals surface area contributed by atoms with Gasteiger partial charge in [0.25, 0.3) is 0 Å². The zero-order valence-corrected chi connectivity index (χ0v) is 9.87. The van der Waals surface area contributed by atoms with Crippen LogP contribution < -0.4 is 5.32 Å². The largest absolute Gasteiger partial charge is 0.389 e. The minimum atomic E-state index is -4.03. The van der Waals surface area contributed by atoms with Gasteiger partial charge in [-0.3, -0.25) is 0 Å². The second-order valence-electron chi connectivity index (χ2n) is 3.66. The van der Waals surface area contributed by atoms with Crippen LogP contribution in [0.2, 0.25) is 0 Å². The first-order chi connectivity index (χ1) is 7.49. The maximum Gasteiger partial charge on any atom is 0.389 e. The Kier molecular flexibility index (Phi) is 5.21. The molecule has 0 saturated heterocycles. The fraction of sp³-hybridized carbons (Fsp3) is 0.700. The van der Waals surface area contributed by atoms with Crippen LogP contribution in [0.1, 0.15) is 37.9 Å². The highest BCUT2D eigenvalue weighted by Crippen LogP contribution is 2.22. The molecule has 1 aromatic heterocycles. The normalized spacial score (nSPS) is 14.0. The van der Waals surface area contributed by atoms with E-state index in [9.17, 15) is 13.2 Å². The molecule has 1 N–H and O–H groups in total. The average Bonchev–Trinajstić information content (AvgIpc) is 2.67. The number of nitrogens with one attached hydrogen (secondary N) is 1. The van der Waals surface area contributed by atoms with Crippen LogP contribution >= 0.6 is 11.3 Å². The van der Waals surface area contributed by atoms with E-state index in [2.05, 4.69) is 10.3 Å². The van der Waals surface area contributed by atoms with Gasteiger partial charge in [-0.25, -0.2) is 4.98 Å². The Morgan fingerprint density at radius 3 is 2.75 bits per heavy atom. The summed E-state index contributed by atoms with van der Waals surface area (Å²) in [6.45, 7) is 2.55. The predicted molar refractivity (Wildman–Crippen MR) is 58.4 cm³/mol. The van der Waals surface area contributed by atoms with Gasteiger partial charge in [0.05, 0.1) is 11.2 Å². The van der Waals surface area contributed by atoms with Gasteiger partial charge in [0, 0.05) is 17.8 Å². The zero-order chi connectivity index (χ0) is 12.0. The highest BCUT2D eigenvalue weighted by atomic mass is 32.1. The van der Waals surface area contributed by atoms with Gasteiger partial charge < -0.3 is 5.32 Å². The second-order valence-corrected chi connectivity index (χ2v) is 4.38. The molecule has 1 aromatic rings. The Morgan fingerprint density at radius 1 is 1.44 bits per heavy atom. The summed E-state index contributed by atoms with van der Waals surface area (Å²) in [5.74, 6) is 0. The van der Waals surface area contributed by atoms with Gasteiger partial charge in [-0.05, 0) is 26.3 Å². The molecule has 0 saturated carbocycles. The SMILES string of the molecule is CC(NCCCCC(F)(F)F)c1cscn1. The van der Waals surface area contributed by atoms with Crippen molar-refractivity contribution in [2.45, 2.75) is 38.4 Å². The van der Waals surface area contributed by atoms with Crippen molar-refractivity contribution in [3.05, 3.63) is 16.6 Å². The summed E-state index contributed by atoms with van der Waals surface area (Å²) in [5, 5.41) is 5.09. The third-order valence-corrected chi connectivity index (χ3v) is 2.84. The highest BCUT2D eigenvalue weighted by Gasteiger charge is 2.25. The number of hydrogen-bond donors (Lipinski definition) is 1. The summed E-state index contributed by atoms with van der Waals surface area (Å²) in [6, 6.07) is 0.108. The third kappa shape index (κ3) is 5.46. The Hall–Kier alpha value is -0.620. The van der Waals surface area contributed by atoms with E-state index in [-0.39, 0.29) is 12.5 Å². The Labute approximate surface area is 96.9 Å². The van der Waals surface area contributed by atoms with Crippen LogP contribution in [0, 0.1) is 0 Å². The Morgan fingerprint density at radius 2 is 2.19 bits per heavy atom. The summed E-state index contributed by atoms with van der Waals surface area (Å²) >= 11 is 1.52. The van der Waals surface area contributed by atoms with E-state index in [1.807, 2.05) is 12.3 Å². The lowest BCUT2D eigenvalue weighted by Gasteiger charge is -2.11. The molecule has 0 spiro atoms. The maximum absolute atomic E-state index is 11.8. The Balaban J connectivity index is 2.08. The van der Waals surface area contributed by atoms with Crippen LogP contribution in [0.4, 0.5) is 13.2 Å². The Bertz CT molecular complexity index is 285. The summed E-state index contributed by atoms with van der Waals surface area (Å²) in [4.78, 5) is 4.13. The van der Waals surface area contributed by atoms with Crippen molar-refractivity contribution in [3.63, 3.8) is 0 Å². The van der Waals surface area contributed by atoms with E-state index in [0.29, 0.717) is 13.0 Å². The minimum absolute atomic E-state index is 0.108. The minimum Gasteiger partial charge on any atom is -0.309 e. The van der Waals surface area contributed by atoms with Crippen molar-refractivity contribution in [2.24, 2.45) is 0 Å².